The Bertz CT molecular complexity index is 369. The van der Waals surface area contributed by atoms with Crippen LogP contribution in [0.25, 0.3) is 0 Å². The first-order valence-electron chi connectivity index (χ1n) is 5.83. The number of benzene rings is 1. The molecule has 0 amide bonds. The lowest BCUT2D eigenvalue weighted by molar-refractivity contribution is -0.141. The molecule has 0 aromatic heterocycles. The maximum Gasteiger partial charge on any atom is 0.306 e. The van der Waals surface area contributed by atoms with E-state index in [0.29, 0.717) is 6.42 Å². The molecule has 1 atom stereocenters. The Morgan fingerprint density at radius 3 is 2.50 bits per heavy atom. The van der Waals surface area contributed by atoms with E-state index in [1.807, 2.05) is 13.0 Å². The van der Waals surface area contributed by atoms with Gasteiger partial charge in [-0.05, 0) is 43.4 Å². The molecular formula is C14H20O2. The zero-order valence-corrected chi connectivity index (χ0v) is 10.3. The van der Waals surface area contributed by atoms with Crippen LogP contribution in [0.5, 0.6) is 0 Å². The standard InChI is InChI=1S/C14H20O2/c1-4-5-13(14(15)16)9-12-7-6-10(2)11(3)8-12/h6-8,13H,4-5,9H2,1-3H3,(H,15,16). The first-order chi connectivity index (χ1) is 7.54. The third-order valence-electron chi connectivity index (χ3n) is 3.04. The van der Waals surface area contributed by atoms with Crippen molar-refractivity contribution in [1.82, 2.24) is 0 Å². The molecule has 2 heteroatoms. The van der Waals surface area contributed by atoms with Gasteiger partial charge >= 0.3 is 5.97 Å². The number of hydrogen-bond acceptors (Lipinski definition) is 1. The van der Waals surface area contributed by atoms with Crippen LogP contribution in [-0.4, -0.2) is 11.1 Å². The second kappa shape index (κ2) is 5.69. The Kier molecular flexibility index (Phi) is 4.53. The number of rotatable bonds is 5. The largest absolute Gasteiger partial charge is 0.481 e. The SMILES string of the molecule is CCCC(Cc1ccc(C)c(C)c1)C(=O)O. The molecule has 1 rings (SSSR count). The minimum atomic E-state index is -0.680. The zero-order chi connectivity index (χ0) is 12.1. The van der Waals surface area contributed by atoms with Crippen molar-refractivity contribution in [2.75, 3.05) is 0 Å². The number of aliphatic carboxylic acids is 1. The predicted molar refractivity (Wildman–Crippen MR) is 65.7 cm³/mol. The van der Waals surface area contributed by atoms with Crippen molar-refractivity contribution < 1.29 is 9.90 Å². The molecule has 0 bridgehead atoms. The van der Waals surface area contributed by atoms with E-state index in [9.17, 15) is 4.79 Å². The maximum absolute atomic E-state index is 11.0. The van der Waals surface area contributed by atoms with Crippen molar-refractivity contribution in [1.29, 1.82) is 0 Å². The van der Waals surface area contributed by atoms with Gasteiger partial charge in [0.05, 0.1) is 5.92 Å². The highest BCUT2D eigenvalue weighted by atomic mass is 16.4. The van der Waals surface area contributed by atoms with Crippen molar-refractivity contribution in [3.05, 3.63) is 34.9 Å². The van der Waals surface area contributed by atoms with Gasteiger partial charge in [0.25, 0.3) is 0 Å². The smallest absolute Gasteiger partial charge is 0.306 e. The third kappa shape index (κ3) is 3.37. The summed E-state index contributed by atoms with van der Waals surface area (Å²) < 4.78 is 0. The summed E-state index contributed by atoms with van der Waals surface area (Å²) in [7, 11) is 0. The van der Waals surface area contributed by atoms with E-state index >= 15 is 0 Å². The van der Waals surface area contributed by atoms with E-state index < -0.39 is 5.97 Å². The van der Waals surface area contributed by atoms with E-state index in [-0.39, 0.29) is 5.92 Å². The molecule has 0 radical (unpaired) electrons. The van der Waals surface area contributed by atoms with Crippen molar-refractivity contribution in [2.24, 2.45) is 5.92 Å². The summed E-state index contributed by atoms with van der Waals surface area (Å²) >= 11 is 0. The average molecular weight is 220 g/mol. The molecule has 1 N–H and O–H groups in total. The van der Waals surface area contributed by atoms with Crippen LogP contribution >= 0.6 is 0 Å². The molecule has 0 aliphatic heterocycles. The number of carbonyl (C=O) groups is 1. The highest BCUT2D eigenvalue weighted by Crippen LogP contribution is 2.17. The normalized spacial score (nSPS) is 12.4. The van der Waals surface area contributed by atoms with E-state index in [0.717, 1.165) is 18.4 Å². The molecule has 88 valence electrons. The van der Waals surface area contributed by atoms with Gasteiger partial charge in [0.15, 0.2) is 0 Å². The number of aryl methyl sites for hydroxylation is 2. The van der Waals surface area contributed by atoms with Gasteiger partial charge in [0.2, 0.25) is 0 Å². The first-order valence-corrected chi connectivity index (χ1v) is 5.83. The first kappa shape index (κ1) is 12.8. The third-order valence-corrected chi connectivity index (χ3v) is 3.04. The Labute approximate surface area is 97.3 Å². The lowest BCUT2D eigenvalue weighted by atomic mass is 9.93. The molecular weight excluding hydrogens is 200 g/mol. The van der Waals surface area contributed by atoms with Gasteiger partial charge in [-0.1, -0.05) is 31.5 Å². The predicted octanol–water partition coefficient (Wildman–Crippen LogP) is 3.35. The molecule has 1 aromatic rings. The van der Waals surface area contributed by atoms with Crippen LogP contribution in [0.15, 0.2) is 18.2 Å². The molecule has 0 spiro atoms. The van der Waals surface area contributed by atoms with Crippen molar-refractivity contribution in [2.45, 2.75) is 40.0 Å². The fourth-order valence-electron chi connectivity index (χ4n) is 1.88. The summed E-state index contributed by atoms with van der Waals surface area (Å²) in [5.41, 5.74) is 3.62. The molecule has 0 fully saturated rings. The van der Waals surface area contributed by atoms with Crippen LogP contribution in [0.1, 0.15) is 36.5 Å². The number of carboxylic acids is 1. The van der Waals surface area contributed by atoms with Crippen LogP contribution in [0, 0.1) is 19.8 Å². The van der Waals surface area contributed by atoms with Crippen molar-refractivity contribution >= 4 is 5.97 Å². The van der Waals surface area contributed by atoms with Crippen molar-refractivity contribution in [3.63, 3.8) is 0 Å². The van der Waals surface area contributed by atoms with Crippen LogP contribution in [0.3, 0.4) is 0 Å². The van der Waals surface area contributed by atoms with Gasteiger partial charge in [-0.15, -0.1) is 0 Å². The summed E-state index contributed by atoms with van der Waals surface area (Å²) in [6.45, 7) is 6.16. The highest BCUT2D eigenvalue weighted by molar-refractivity contribution is 5.70. The molecule has 0 saturated carbocycles. The summed E-state index contributed by atoms with van der Waals surface area (Å²) in [6, 6.07) is 6.20. The quantitative estimate of drug-likeness (QED) is 0.826. The van der Waals surface area contributed by atoms with Gasteiger partial charge in [-0.25, -0.2) is 0 Å². The Morgan fingerprint density at radius 2 is 2.00 bits per heavy atom. The monoisotopic (exact) mass is 220 g/mol. The molecule has 0 aliphatic carbocycles. The van der Waals surface area contributed by atoms with Crippen molar-refractivity contribution in [3.8, 4) is 0 Å². The molecule has 0 heterocycles. The Morgan fingerprint density at radius 1 is 1.31 bits per heavy atom. The van der Waals surface area contributed by atoms with Crippen LogP contribution in [-0.2, 0) is 11.2 Å². The molecule has 2 nitrogen and oxygen atoms in total. The fraction of sp³-hybridized carbons (Fsp3) is 0.500. The molecule has 16 heavy (non-hydrogen) atoms. The lowest BCUT2D eigenvalue weighted by Gasteiger charge is -2.12. The number of hydrogen-bond donors (Lipinski definition) is 1. The summed E-state index contributed by atoms with van der Waals surface area (Å²) in [5.74, 6) is -0.924. The second-order valence-electron chi connectivity index (χ2n) is 4.45. The van der Waals surface area contributed by atoms with Crippen LogP contribution < -0.4 is 0 Å². The minimum absolute atomic E-state index is 0.243. The van der Waals surface area contributed by atoms with Crippen LogP contribution in [0.4, 0.5) is 0 Å². The van der Waals surface area contributed by atoms with Gasteiger partial charge in [0, 0.05) is 0 Å². The molecule has 1 aromatic carbocycles. The Balaban J connectivity index is 2.77. The van der Waals surface area contributed by atoms with E-state index in [4.69, 9.17) is 5.11 Å². The summed E-state index contributed by atoms with van der Waals surface area (Å²) in [6.07, 6.45) is 2.31. The Hall–Kier alpha value is -1.31. The topological polar surface area (TPSA) is 37.3 Å². The molecule has 1 unspecified atom stereocenters. The zero-order valence-electron chi connectivity index (χ0n) is 10.3. The summed E-state index contributed by atoms with van der Waals surface area (Å²) in [4.78, 5) is 11.0. The maximum atomic E-state index is 11.0. The number of carboxylic acid groups (broad SMARTS) is 1. The van der Waals surface area contributed by atoms with Gasteiger partial charge in [-0.3, -0.25) is 4.79 Å². The summed E-state index contributed by atoms with van der Waals surface area (Å²) in [5, 5.41) is 9.09. The van der Waals surface area contributed by atoms with Gasteiger partial charge < -0.3 is 5.11 Å². The fourth-order valence-corrected chi connectivity index (χ4v) is 1.88. The minimum Gasteiger partial charge on any atom is -0.481 e. The molecule has 0 saturated heterocycles. The average Bonchev–Trinajstić information content (AvgIpc) is 2.22. The lowest BCUT2D eigenvalue weighted by Crippen LogP contribution is -2.16. The second-order valence-corrected chi connectivity index (χ2v) is 4.45. The van der Waals surface area contributed by atoms with Gasteiger partial charge in [-0.2, -0.15) is 0 Å². The van der Waals surface area contributed by atoms with Crippen LogP contribution in [0.2, 0.25) is 0 Å². The van der Waals surface area contributed by atoms with E-state index in [2.05, 4.69) is 26.0 Å². The van der Waals surface area contributed by atoms with E-state index in [1.165, 1.54) is 11.1 Å². The van der Waals surface area contributed by atoms with E-state index in [1.54, 1.807) is 0 Å². The van der Waals surface area contributed by atoms with Gasteiger partial charge in [0.1, 0.15) is 0 Å². The highest BCUT2D eigenvalue weighted by Gasteiger charge is 2.16. The molecule has 0 aliphatic rings.